The molecule has 1 aromatic carbocycles. The lowest BCUT2D eigenvalue weighted by Crippen LogP contribution is -2.10. The number of alkyl halides is 3. The smallest absolute Gasteiger partial charge is 0.420 e. The van der Waals surface area contributed by atoms with Crippen molar-refractivity contribution in [2.24, 2.45) is 0 Å². The molecule has 0 radical (unpaired) electrons. The highest BCUT2D eigenvalue weighted by Gasteiger charge is 2.34. The van der Waals surface area contributed by atoms with Crippen LogP contribution in [0.4, 0.5) is 24.0 Å². The summed E-state index contributed by atoms with van der Waals surface area (Å²) < 4.78 is 45.9. The first-order valence-electron chi connectivity index (χ1n) is 9.63. The van der Waals surface area contributed by atoms with Crippen molar-refractivity contribution in [2.45, 2.75) is 38.8 Å². The maximum Gasteiger partial charge on any atom is 0.420 e. The number of unbranched alkanes of at least 4 members (excludes halogenated alkanes) is 2. The van der Waals surface area contributed by atoms with E-state index in [1.54, 1.807) is 17.5 Å². The third kappa shape index (κ3) is 6.44. The highest BCUT2D eigenvalue weighted by Crippen LogP contribution is 2.39. The number of benzene rings is 1. The highest BCUT2D eigenvalue weighted by atomic mass is 32.1. The first kappa shape index (κ1) is 23.1. The van der Waals surface area contributed by atoms with Gasteiger partial charge in [0.15, 0.2) is 5.13 Å². The van der Waals surface area contributed by atoms with Gasteiger partial charge >= 0.3 is 12.1 Å². The monoisotopic (exact) mass is 470 g/mol. The van der Waals surface area contributed by atoms with E-state index >= 15 is 0 Å². The van der Waals surface area contributed by atoms with Crippen LogP contribution in [0.1, 0.15) is 36.6 Å². The van der Waals surface area contributed by atoms with E-state index in [2.05, 4.69) is 10.3 Å². The number of carboxylic acid groups (broad SMARTS) is 1. The molecule has 0 aliphatic rings. The summed E-state index contributed by atoms with van der Waals surface area (Å²) in [5, 5.41) is 14.0. The number of nitrogens with one attached hydrogen (secondary N) is 1. The van der Waals surface area contributed by atoms with E-state index < -0.39 is 17.7 Å². The average molecular weight is 471 g/mol. The third-order valence-electron chi connectivity index (χ3n) is 4.29. The molecule has 0 atom stereocenters. The van der Waals surface area contributed by atoms with Crippen molar-refractivity contribution in [3.63, 3.8) is 0 Å². The van der Waals surface area contributed by atoms with Crippen LogP contribution in [0.25, 0.3) is 10.6 Å². The fraction of sp³-hybridized carbons (Fsp3) is 0.333. The van der Waals surface area contributed by atoms with Crippen molar-refractivity contribution in [2.75, 3.05) is 11.9 Å². The van der Waals surface area contributed by atoms with E-state index in [9.17, 15) is 18.0 Å². The Hall–Kier alpha value is -2.59. The van der Waals surface area contributed by atoms with Gasteiger partial charge in [-0.2, -0.15) is 13.2 Å². The van der Waals surface area contributed by atoms with E-state index in [0.29, 0.717) is 22.1 Å². The normalized spacial score (nSPS) is 11.5. The molecular weight excluding hydrogens is 449 g/mol. The maximum atomic E-state index is 13.5. The van der Waals surface area contributed by atoms with Gasteiger partial charge < -0.3 is 15.2 Å². The second-order valence-corrected chi connectivity index (χ2v) is 8.79. The molecule has 0 fully saturated rings. The van der Waals surface area contributed by atoms with E-state index in [4.69, 9.17) is 9.84 Å². The number of aliphatic carboxylic acids is 1. The quantitative estimate of drug-likeness (QED) is 0.318. The van der Waals surface area contributed by atoms with Crippen LogP contribution < -0.4 is 10.1 Å². The lowest BCUT2D eigenvalue weighted by molar-refractivity contribution is -0.139. The van der Waals surface area contributed by atoms with Gasteiger partial charge in [-0.05, 0) is 36.8 Å². The van der Waals surface area contributed by atoms with Gasteiger partial charge in [-0.15, -0.1) is 22.7 Å². The molecule has 0 saturated heterocycles. The molecule has 31 heavy (non-hydrogen) atoms. The Morgan fingerprint density at radius 3 is 2.74 bits per heavy atom. The molecule has 166 valence electrons. The maximum absolute atomic E-state index is 13.5. The molecule has 0 spiro atoms. The van der Waals surface area contributed by atoms with Crippen molar-refractivity contribution in [3.05, 3.63) is 46.2 Å². The molecule has 5 nitrogen and oxygen atoms in total. The van der Waals surface area contributed by atoms with Crippen molar-refractivity contribution in [1.82, 2.24) is 4.98 Å². The van der Waals surface area contributed by atoms with Gasteiger partial charge in [-0.25, -0.2) is 4.98 Å². The number of hydrogen-bond acceptors (Lipinski definition) is 6. The first-order valence-corrected chi connectivity index (χ1v) is 11.3. The average Bonchev–Trinajstić information content (AvgIpc) is 3.34. The molecule has 10 heteroatoms. The largest absolute Gasteiger partial charge is 0.493 e. The molecule has 0 bridgehead atoms. The fourth-order valence-electron chi connectivity index (χ4n) is 2.82. The SMILES string of the molecule is CCCCCOc1ccc(Nc2nc(-c3ccc(CC(=O)O)s3)cs2)cc1C(F)(F)F. The molecule has 2 aromatic heterocycles. The molecule has 3 aromatic rings. The number of rotatable bonds is 10. The Kier molecular flexibility index (Phi) is 7.55. The van der Waals surface area contributed by atoms with Crippen LogP contribution in [0.15, 0.2) is 35.7 Å². The standard InChI is InChI=1S/C21H21F3N2O3S2/c1-2-3-4-9-29-17-7-5-13(10-15(17)21(22,23)24)25-20-26-16(12-30-20)18-8-6-14(31-18)11-19(27)28/h5-8,10,12H,2-4,9,11H2,1H3,(H,25,26)(H,27,28). The van der Waals surface area contributed by atoms with Gasteiger partial charge in [-0.3, -0.25) is 4.79 Å². The van der Waals surface area contributed by atoms with E-state index in [1.807, 2.05) is 6.92 Å². The predicted molar refractivity (Wildman–Crippen MR) is 117 cm³/mol. The topological polar surface area (TPSA) is 71.5 Å². The van der Waals surface area contributed by atoms with Crippen molar-refractivity contribution < 1.29 is 27.8 Å². The lowest BCUT2D eigenvalue weighted by Gasteiger charge is -2.15. The van der Waals surface area contributed by atoms with E-state index in [1.165, 1.54) is 34.8 Å². The minimum Gasteiger partial charge on any atom is -0.493 e. The molecule has 0 saturated carbocycles. The Labute approximate surface area is 185 Å². The van der Waals surface area contributed by atoms with Crippen molar-refractivity contribution in [1.29, 1.82) is 0 Å². The zero-order valence-electron chi connectivity index (χ0n) is 16.7. The number of anilines is 2. The zero-order chi connectivity index (χ0) is 22.4. The van der Waals surface area contributed by atoms with Crippen LogP contribution in [0.3, 0.4) is 0 Å². The molecule has 0 amide bonds. The molecule has 0 aliphatic carbocycles. The molecular formula is C21H21F3N2O3S2. The van der Waals surface area contributed by atoms with Crippen LogP contribution in [-0.2, 0) is 17.4 Å². The minimum atomic E-state index is -4.54. The summed E-state index contributed by atoms with van der Waals surface area (Å²) in [6, 6.07) is 7.39. The number of hydrogen-bond donors (Lipinski definition) is 2. The number of thiazole rings is 1. The number of nitrogens with zero attached hydrogens (tertiary/aromatic N) is 1. The fourth-order valence-corrected chi connectivity index (χ4v) is 4.58. The summed E-state index contributed by atoms with van der Waals surface area (Å²) in [6.45, 7) is 2.25. The summed E-state index contributed by atoms with van der Waals surface area (Å²) in [5.41, 5.74) is 0.0651. The van der Waals surface area contributed by atoms with Crippen molar-refractivity contribution >= 4 is 39.5 Å². The van der Waals surface area contributed by atoms with E-state index in [0.717, 1.165) is 23.8 Å². The van der Waals surface area contributed by atoms with Crippen LogP contribution in [0.2, 0.25) is 0 Å². The van der Waals surface area contributed by atoms with Gasteiger partial charge in [0.2, 0.25) is 0 Å². The summed E-state index contributed by atoms with van der Waals surface area (Å²) in [5.74, 6) is -1.09. The Morgan fingerprint density at radius 1 is 1.23 bits per heavy atom. The van der Waals surface area contributed by atoms with Crippen LogP contribution >= 0.6 is 22.7 Å². The van der Waals surface area contributed by atoms with Gasteiger partial charge in [0, 0.05) is 15.9 Å². The molecule has 2 heterocycles. The molecule has 0 aliphatic heterocycles. The summed E-state index contributed by atoms with van der Waals surface area (Å²) in [7, 11) is 0. The number of thiophene rings is 1. The summed E-state index contributed by atoms with van der Waals surface area (Å²) in [6.07, 6.45) is -2.04. The molecule has 3 rings (SSSR count). The second-order valence-electron chi connectivity index (χ2n) is 6.76. The van der Waals surface area contributed by atoms with E-state index in [-0.39, 0.29) is 24.5 Å². The van der Waals surface area contributed by atoms with Gasteiger partial charge in [-0.1, -0.05) is 19.8 Å². The number of carboxylic acids is 1. The number of carbonyl (C=O) groups is 1. The minimum absolute atomic E-state index is 0.0625. The number of ether oxygens (including phenoxy) is 1. The highest BCUT2D eigenvalue weighted by molar-refractivity contribution is 7.17. The Bertz CT molecular complexity index is 1030. The van der Waals surface area contributed by atoms with Gasteiger partial charge in [0.05, 0.1) is 29.2 Å². The molecule has 2 N–H and O–H groups in total. The number of aromatic nitrogens is 1. The predicted octanol–water partition coefficient (Wildman–Crippen LogP) is 6.83. The Balaban J connectivity index is 1.73. The number of halogens is 3. The Morgan fingerprint density at radius 2 is 2.03 bits per heavy atom. The summed E-state index contributed by atoms with van der Waals surface area (Å²) in [4.78, 5) is 16.7. The van der Waals surface area contributed by atoms with Crippen molar-refractivity contribution in [3.8, 4) is 16.3 Å². The van der Waals surface area contributed by atoms with Crippen LogP contribution in [-0.4, -0.2) is 22.7 Å². The lowest BCUT2D eigenvalue weighted by atomic mass is 10.1. The van der Waals surface area contributed by atoms with Crippen LogP contribution in [0.5, 0.6) is 5.75 Å². The first-order chi connectivity index (χ1) is 14.8. The zero-order valence-corrected chi connectivity index (χ0v) is 18.3. The third-order valence-corrected chi connectivity index (χ3v) is 6.15. The summed E-state index contributed by atoms with van der Waals surface area (Å²) >= 11 is 2.58. The van der Waals surface area contributed by atoms with Crippen LogP contribution in [0, 0.1) is 0 Å². The second kappa shape index (κ2) is 10.1. The molecule has 0 unspecified atom stereocenters. The van der Waals surface area contributed by atoms with Gasteiger partial charge in [0.1, 0.15) is 5.75 Å². The van der Waals surface area contributed by atoms with Gasteiger partial charge in [0.25, 0.3) is 0 Å².